The molecule has 9 nitrogen and oxygen atoms in total. The Morgan fingerprint density at radius 2 is 1.86 bits per heavy atom. The SMILES string of the molecule is CC(=O)Nc1ccc(Cc2nc(Nn3cccn3)nc(N3CCCCC3)n2)cc1. The highest BCUT2D eigenvalue weighted by Gasteiger charge is 2.16. The lowest BCUT2D eigenvalue weighted by molar-refractivity contribution is -0.114. The standard InChI is InChI=1S/C20H24N8O/c1-15(29)22-17-8-6-16(7-9-17)14-18-23-19(26-28-13-5-10-21-28)25-20(24-18)27-11-3-2-4-12-27/h5-10,13H,2-4,11-12,14H2,1H3,(H,22,29)(H,23,24,25,26). The maximum atomic E-state index is 11.2. The van der Waals surface area contributed by atoms with Crippen LogP contribution < -0.4 is 15.6 Å². The molecule has 0 bridgehead atoms. The molecule has 1 fully saturated rings. The van der Waals surface area contributed by atoms with Gasteiger partial charge in [-0.3, -0.25) is 4.79 Å². The number of carbonyl (C=O) groups is 1. The minimum atomic E-state index is -0.0873. The molecule has 1 aliphatic rings. The molecule has 29 heavy (non-hydrogen) atoms. The Balaban J connectivity index is 1.57. The summed E-state index contributed by atoms with van der Waals surface area (Å²) in [4.78, 5) is 28.9. The maximum Gasteiger partial charge on any atom is 0.248 e. The van der Waals surface area contributed by atoms with Crippen LogP contribution in [0, 0.1) is 0 Å². The van der Waals surface area contributed by atoms with Gasteiger partial charge in [-0.15, -0.1) is 0 Å². The van der Waals surface area contributed by atoms with Gasteiger partial charge >= 0.3 is 0 Å². The van der Waals surface area contributed by atoms with E-state index in [1.165, 1.54) is 13.3 Å². The molecule has 9 heteroatoms. The lowest BCUT2D eigenvalue weighted by Crippen LogP contribution is -2.32. The highest BCUT2D eigenvalue weighted by atomic mass is 16.1. The molecule has 0 aliphatic carbocycles. The molecule has 1 aliphatic heterocycles. The first-order chi connectivity index (χ1) is 14.2. The first-order valence-electron chi connectivity index (χ1n) is 9.79. The zero-order valence-corrected chi connectivity index (χ0v) is 16.4. The van der Waals surface area contributed by atoms with Gasteiger partial charge in [-0.1, -0.05) is 12.1 Å². The fourth-order valence-electron chi connectivity index (χ4n) is 3.30. The van der Waals surface area contributed by atoms with Gasteiger partial charge in [0.1, 0.15) is 5.82 Å². The first kappa shape index (κ1) is 18.9. The van der Waals surface area contributed by atoms with E-state index < -0.39 is 0 Å². The molecule has 3 heterocycles. The first-order valence-corrected chi connectivity index (χ1v) is 9.79. The van der Waals surface area contributed by atoms with Crippen molar-refractivity contribution in [3.8, 4) is 0 Å². The highest BCUT2D eigenvalue weighted by molar-refractivity contribution is 5.88. The van der Waals surface area contributed by atoms with Crippen molar-refractivity contribution in [1.29, 1.82) is 0 Å². The molecule has 0 atom stereocenters. The number of aromatic nitrogens is 5. The van der Waals surface area contributed by atoms with Gasteiger partial charge in [-0.05, 0) is 43.0 Å². The van der Waals surface area contributed by atoms with Crippen molar-refractivity contribution >= 4 is 23.5 Å². The van der Waals surface area contributed by atoms with Gasteiger partial charge in [0, 0.05) is 38.3 Å². The number of amides is 1. The average molecular weight is 392 g/mol. The quantitative estimate of drug-likeness (QED) is 0.664. The summed E-state index contributed by atoms with van der Waals surface area (Å²) in [5.74, 6) is 1.76. The zero-order chi connectivity index (χ0) is 20.1. The Morgan fingerprint density at radius 1 is 1.07 bits per heavy atom. The fourth-order valence-corrected chi connectivity index (χ4v) is 3.30. The molecular formula is C20H24N8O. The summed E-state index contributed by atoms with van der Waals surface area (Å²) in [6.07, 6.45) is 7.59. The summed E-state index contributed by atoms with van der Waals surface area (Å²) in [7, 11) is 0. The van der Waals surface area contributed by atoms with Crippen molar-refractivity contribution in [3.63, 3.8) is 0 Å². The normalized spacial score (nSPS) is 13.9. The van der Waals surface area contributed by atoms with E-state index in [1.54, 1.807) is 17.2 Å². The Labute approximate surface area is 169 Å². The van der Waals surface area contributed by atoms with Gasteiger partial charge in [0.2, 0.25) is 17.8 Å². The summed E-state index contributed by atoms with van der Waals surface area (Å²) in [5.41, 5.74) is 4.92. The van der Waals surface area contributed by atoms with Crippen LogP contribution >= 0.6 is 0 Å². The van der Waals surface area contributed by atoms with Crippen LogP contribution in [0.4, 0.5) is 17.6 Å². The van der Waals surface area contributed by atoms with Crippen molar-refractivity contribution in [2.24, 2.45) is 0 Å². The van der Waals surface area contributed by atoms with Crippen LogP contribution in [-0.4, -0.2) is 43.8 Å². The number of benzene rings is 1. The third-order valence-electron chi connectivity index (χ3n) is 4.66. The van der Waals surface area contributed by atoms with E-state index in [0.29, 0.717) is 24.1 Å². The maximum absolute atomic E-state index is 11.2. The molecule has 0 saturated carbocycles. The number of hydrogen-bond acceptors (Lipinski definition) is 7. The number of carbonyl (C=O) groups excluding carboxylic acids is 1. The van der Waals surface area contributed by atoms with Crippen LogP contribution in [0.5, 0.6) is 0 Å². The van der Waals surface area contributed by atoms with Gasteiger partial charge in [-0.25, -0.2) is 5.43 Å². The largest absolute Gasteiger partial charge is 0.341 e. The van der Waals surface area contributed by atoms with Gasteiger partial charge in [0.15, 0.2) is 0 Å². The average Bonchev–Trinajstić information content (AvgIpc) is 3.23. The van der Waals surface area contributed by atoms with E-state index in [-0.39, 0.29) is 5.91 Å². The number of anilines is 3. The molecule has 1 saturated heterocycles. The summed E-state index contributed by atoms with van der Waals surface area (Å²) < 4.78 is 0. The second-order valence-corrected chi connectivity index (χ2v) is 7.04. The van der Waals surface area contributed by atoms with Crippen molar-refractivity contribution in [3.05, 3.63) is 54.1 Å². The Morgan fingerprint density at radius 3 is 2.55 bits per heavy atom. The van der Waals surface area contributed by atoms with E-state index in [2.05, 4.69) is 30.7 Å². The molecule has 0 radical (unpaired) electrons. The minimum absolute atomic E-state index is 0.0873. The van der Waals surface area contributed by atoms with Gasteiger partial charge in [0.05, 0.1) is 6.20 Å². The molecule has 2 aromatic heterocycles. The third-order valence-corrected chi connectivity index (χ3v) is 4.66. The summed E-state index contributed by atoms with van der Waals surface area (Å²) >= 11 is 0. The van der Waals surface area contributed by atoms with E-state index in [0.717, 1.165) is 37.2 Å². The topological polar surface area (TPSA) is 101 Å². The molecule has 1 aromatic carbocycles. The number of nitrogens with zero attached hydrogens (tertiary/aromatic N) is 6. The van der Waals surface area contributed by atoms with Crippen LogP contribution in [0.2, 0.25) is 0 Å². The zero-order valence-electron chi connectivity index (χ0n) is 16.4. The minimum Gasteiger partial charge on any atom is -0.341 e. The Kier molecular flexibility index (Phi) is 5.64. The second kappa shape index (κ2) is 8.68. The molecular weight excluding hydrogens is 368 g/mol. The fraction of sp³-hybridized carbons (Fsp3) is 0.350. The van der Waals surface area contributed by atoms with Crippen molar-refractivity contribution < 1.29 is 4.79 Å². The van der Waals surface area contributed by atoms with Gasteiger partial charge < -0.3 is 10.2 Å². The lowest BCUT2D eigenvalue weighted by Gasteiger charge is -2.27. The Hall–Kier alpha value is -3.49. The Bertz CT molecular complexity index is 949. The van der Waals surface area contributed by atoms with Crippen LogP contribution in [0.15, 0.2) is 42.7 Å². The molecule has 1 amide bonds. The predicted molar refractivity (Wildman–Crippen MR) is 111 cm³/mol. The van der Waals surface area contributed by atoms with Crippen LogP contribution in [0.25, 0.3) is 0 Å². The molecule has 4 rings (SSSR count). The lowest BCUT2D eigenvalue weighted by atomic mass is 10.1. The third kappa shape index (κ3) is 5.07. The summed E-state index contributed by atoms with van der Waals surface area (Å²) in [6.45, 7) is 3.40. The van der Waals surface area contributed by atoms with Crippen molar-refractivity contribution in [1.82, 2.24) is 24.8 Å². The number of piperidine rings is 1. The van der Waals surface area contributed by atoms with Crippen LogP contribution in [0.3, 0.4) is 0 Å². The van der Waals surface area contributed by atoms with E-state index in [1.807, 2.05) is 30.3 Å². The van der Waals surface area contributed by atoms with E-state index >= 15 is 0 Å². The molecule has 0 spiro atoms. The smallest absolute Gasteiger partial charge is 0.248 e. The summed E-state index contributed by atoms with van der Waals surface area (Å²) in [5, 5.41) is 6.93. The van der Waals surface area contributed by atoms with E-state index in [4.69, 9.17) is 4.98 Å². The summed E-state index contributed by atoms with van der Waals surface area (Å²) in [6, 6.07) is 9.53. The van der Waals surface area contributed by atoms with E-state index in [9.17, 15) is 4.79 Å². The van der Waals surface area contributed by atoms with Crippen molar-refractivity contribution in [2.75, 3.05) is 28.7 Å². The van der Waals surface area contributed by atoms with Crippen LogP contribution in [0.1, 0.15) is 37.6 Å². The predicted octanol–water partition coefficient (Wildman–Crippen LogP) is 2.48. The number of rotatable bonds is 6. The monoisotopic (exact) mass is 392 g/mol. The molecule has 3 aromatic rings. The number of nitrogens with one attached hydrogen (secondary N) is 2. The number of hydrogen-bond donors (Lipinski definition) is 2. The van der Waals surface area contributed by atoms with Gasteiger partial charge in [-0.2, -0.15) is 24.8 Å². The van der Waals surface area contributed by atoms with Crippen LogP contribution in [-0.2, 0) is 11.2 Å². The second-order valence-electron chi connectivity index (χ2n) is 7.04. The molecule has 0 unspecified atom stereocenters. The van der Waals surface area contributed by atoms with Gasteiger partial charge in [0.25, 0.3) is 0 Å². The van der Waals surface area contributed by atoms with Crippen molar-refractivity contribution in [2.45, 2.75) is 32.6 Å². The molecule has 150 valence electrons. The highest BCUT2D eigenvalue weighted by Crippen LogP contribution is 2.19. The molecule has 2 N–H and O–H groups in total.